The van der Waals surface area contributed by atoms with Gasteiger partial charge in [-0.25, -0.2) is 9.97 Å². The molecule has 7 nitrogen and oxygen atoms in total. The summed E-state index contributed by atoms with van der Waals surface area (Å²) >= 11 is 0. The molecule has 5 rings (SSSR count). The molecule has 192 valence electrons. The van der Waals surface area contributed by atoms with Crippen LogP contribution >= 0.6 is 0 Å². The van der Waals surface area contributed by atoms with Crippen molar-refractivity contribution in [1.29, 1.82) is 0 Å². The van der Waals surface area contributed by atoms with Gasteiger partial charge in [0, 0.05) is 35.7 Å². The first kappa shape index (κ1) is 24.9. The van der Waals surface area contributed by atoms with E-state index in [1.54, 1.807) is 24.4 Å². The number of hydrogen-bond acceptors (Lipinski definition) is 7. The highest BCUT2D eigenvalue weighted by Crippen LogP contribution is 2.38. The van der Waals surface area contributed by atoms with Gasteiger partial charge in [-0.1, -0.05) is 6.07 Å². The Balaban J connectivity index is 1.38. The van der Waals surface area contributed by atoms with Crippen molar-refractivity contribution in [1.82, 2.24) is 15.0 Å². The van der Waals surface area contributed by atoms with Gasteiger partial charge in [-0.2, -0.15) is 13.2 Å². The second-order valence-electron chi connectivity index (χ2n) is 9.00. The molecule has 1 aliphatic heterocycles. The van der Waals surface area contributed by atoms with Crippen LogP contribution in [0.2, 0.25) is 0 Å². The highest BCUT2D eigenvalue weighted by atomic mass is 19.4. The van der Waals surface area contributed by atoms with E-state index in [0.717, 1.165) is 23.0 Å². The standard InChI is InChI=1S/C27H24F3N3O4/c1-26(2)35-15-20(37-26)9-11-34-24-12-18(27(28,29)30)6-8-21(24)23-14-25(33-16-32-23)36-19-7-5-17-4-3-10-31-22(17)13-19/h3-8,10,12-14,16,20H,9,11,15H2,1-2H3. The maximum absolute atomic E-state index is 13.4. The molecule has 1 aliphatic rings. The number of alkyl halides is 3. The highest BCUT2D eigenvalue weighted by molar-refractivity contribution is 5.79. The lowest BCUT2D eigenvalue weighted by atomic mass is 10.1. The molecule has 0 spiro atoms. The Labute approximate surface area is 211 Å². The van der Waals surface area contributed by atoms with E-state index in [-0.39, 0.29) is 24.3 Å². The molecule has 3 heterocycles. The highest BCUT2D eigenvalue weighted by Gasteiger charge is 2.33. The van der Waals surface area contributed by atoms with Gasteiger partial charge in [-0.05, 0) is 50.2 Å². The number of pyridine rings is 1. The number of aromatic nitrogens is 3. The van der Waals surface area contributed by atoms with E-state index >= 15 is 0 Å². The van der Waals surface area contributed by atoms with E-state index < -0.39 is 17.5 Å². The molecule has 4 aromatic rings. The van der Waals surface area contributed by atoms with Crippen molar-refractivity contribution < 1.29 is 32.1 Å². The van der Waals surface area contributed by atoms with Crippen molar-refractivity contribution in [2.45, 2.75) is 38.3 Å². The summed E-state index contributed by atoms with van der Waals surface area (Å²) in [6.45, 7) is 4.14. The third-order valence-electron chi connectivity index (χ3n) is 5.79. The smallest absolute Gasteiger partial charge is 0.416 e. The lowest BCUT2D eigenvalue weighted by molar-refractivity contribution is -0.140. The summed E-state index contributed by atoms with van der Waals surface area (Å²) < 4.78 is 63.3. The van der Waals surface area contributed by atoms with Crippen LogP contribution < -0.4 is 9.47 Å². The van der Waals surface area contributed by atoms with Crippen molar-refractivity contribution >= 4 is 10.9 Å². The Morgan fingerprint density at radius 3 is 2.68 bits per heavy atom. The minimum absolute atomic E-state index is 0.0487. The molecular formula is C27H24F3N3O4. The summed E-state index contributed by atoms with van der Waals surface area (Å²) in [5, 5.41) is 0.961. The number of halogens is 3. The Kier molecular flexibility index (Phi) is 6.70. The minimum atomic E-state index is -4.52. The van der Waals surface area contributed by atoms with Crippen LogP contribution in [0.5, 0.6) is 17.4 Å². The first-order valence-corrected chi connectivity index (χ1v) is 11.7. The van der Waals surface area contributed by atoms with Crippen LogP contribution in [-0.4, -0.2) is 40.1 Å². The fraction of sp³-hybridized carbons (Fsp3) is 0.296. The zero-order chi connectivity index (χ0) is 26.0. The number of ether oxygens (including phenoxy) is 4. The van der Waals surface area contributed by atoms with Gasteiger partial charge in [0.05, 0.1) is 36.1 Å². The number of nitrogens with zero attached hydrogens (tertiary/aromatic N) is 3. The Morgan fingerprint density at radius 2 is 1.89 bits per heavy atom. The first-order valence-electron chi connectivity index (χ1n) is 11.7. The molecule has 1 saturated heterocycles. The van der Waals surface area contributed by atoms with Gasteiger partial charge in [-0.15, -0.1) is 0 Å². The van der Waals surface area contributed by atoms with Crippen LogP contribution in [-0.2, 0) is 15.7 Å². The summed E-state index contributed by atoms with van der Waals surface area (Å²) in [7, 11) is 0. The predicted octanol–water partition coefficient (Wildman–Crippen LogP) is 6.42. The molecule has 0 aliphatic carbocycles. The number of hydrogen-bond donors (Lipinski definition) is 0. The molecule has 37 heavy (non-hydrogen) atoms. The van der Waals surface area contributed by atoms with E-state index in [4.69, 9.17) is 18.9 Å². The normalized spacial score (nSPS) is 17.2. The average molecular weight is 512 g/mol. The third kappa shape index (κ3) is 5.98. The lowest BCUT2D eigenvalue weighted by Gasteiger charge is -2.18. The van der Waals surface area contributed by atoms with Gasteiger partial charge in [-0.3, -0.25) is 4.98 Å². The fourth-order valence-corrected chi connectivity index (χ4v) is 4.01. The van der Waals surface area contributed by atoms with Crippen LogP contribution in [0.25, 0.3) is 22.2 Å². The molecule has 2 aromatic carbocycles. The largest absolute Gasteiger partial charge is 0.493 e. The van der Waals surface area contributed by atoms with Gasteiger partial charge in [0.15, 0.2) is 5.79 Å². The van der Waals surface area contributed by atoms with Gasteiger partial charge in [0.2, 0.25) is 5.88 Å². The van der Waals surface area contributed by atoms with Gasteiger partial charge in [0.25, 0.3) is 0 Å². The summed E-state index contributed by atoms with van der Waals surface area (Å²) in [4.78, 5) is 12.7. The van der Waals surface area contributed by atoms with Gasteiger partial charge < -0.3 is 18.9 Å². The molecule has 0 radical (unpaired) electrons. The summed E-state index contributed by atoms with van der Waals surface area (Å²) in [5.41, 5.74) is 0.674. The van der Waals surface area contributed by atoms with Crippen LogP contribution in [0.1, 0.15) is 25.8 Å². The van der Waals surface area contributed by atoms with Gasteiger partial charge in [0.1, 0.15) is 17.8 Å². The Bertz CT molecular complexity index is 1410. The maximum Gasteiger partial charge on any atom is 0.416 e. The zero-order valence-corrected chi connectivity index (χ0v) is 20.2. The topological polar surface area (TPSA) is 75.6 Å². The quantitative estimate of drug-likeness (QED) is 0.283. The van der Waals surface area contributed by atoms with Crippen molar-refractivity contribution in [2.75, 3.05) is 13.2 Å². The average Bonchev–Trinajstić information content (AvgIpc) is 3.22. The molecule has 2 aromatic heterocycles. The number of rotatable bonds is 7. The predicted molar refractivity (Wildman–Crippen MR) is 129 cm³/mol. The SMILES string of the molecule is CC1(C)OCC(CCOc2cc(C(F)(F)F)ccc2-c2cc(Oc3ccc4cccnc4c3)ncn2)O1. The van der Waals surface area contributed by atoms with Crippen molar-refractivity contribution in [3.8, 4) is 28.6 Å². The number of benzene rings is 2. The number of fused-ring (bicyclic) bond motifs is 1. The van der Waals surface area contributed by atoms with E-state index in [1.165, 1.54) is 12.4 Å². The van der Waals surface area contributed by atoms with E-state index in [2.05, 4.69) is 15.0 Å². The summed E-state index contributed by atoms with van der Waals surface area (Å²) in [6, 6.07) is 14.1. The molecule has 0 amide bonds. The molecule has 1 unspecified atom stereocenters. The second-order valence-corrected chi connectivity index (χ2v) is 9.00. The van der Waals surface area contributed by atoms with Crippen LogP contribution in [0.4, 0.5) is 13.2 Å². The van der Waals surface area contributed by atoms with Crippen LogP contribution in [0.15, 0.2) is 67.1 Å². The minimum Gasteiger partial charge on any atom is -0.493 e. The summed E-state index contributed by atoms with van der Waals surface area (Å²) in [5.74, 6) is 0.101. The Hall–Kier alpha value is -3.76. The Morgan fingerprint density at radius 1 is 1.03 bits per heavy atom. The molecule has 0 saturated carbocycles. The lowest BCUT2D eigenvalue weighted by Crippen LogP contribution is -2.22. The second kappa shape index (κ2) is 9.95. The van der Waals surface area contributed by atoms with E-state index in [9.17, 15) is 13.2 Å². The van der Waals surface area contributed by atoms with Gasteiger partial charge >= 0.3 is 6.18 Å². The molecule has 1 fully saturated rings. The van der Waals surface area contributed by atoms with E-state index in [1.807, 2.05) is 32.0 Å². The van der Waals surface area contributed by atoms with Crippen LogP contribution in [0, 0.1) is 0 Å². The monoisotopic (exact) mass is 511 g/mol. The molecular weight excluding hydrogens is 487 g/mol. The van der Waals surface area contributed by atoms with Crippen LogP contribution in [0.3, 0.4) is 0 Å². The molecule has 0 bridgehead atoms. The first-order chi connectivity index (χ1) is 17.7. The van der Waals surface area contributed by atoms with Crippen molar-refractivity contribution in [3.63, 3.8) is 0 Å². The van der Waals surface area contributed by atoms with E-state index in [0.29, 0.717) is 30.0 Å². The van der Waals surface area contributed by atoms with Crippen molar-refractivity contribution in [3.05, 3.63) is 72.7 Å². The molecule has 10 heteroatoms. The van der Waals surface area contributed by atoms with Crippen molar-refractivity contribution in [2.24, 2.45) is 0 Å². The zero-order valence-electron chi connectivity index (χ0n) is 20.2. The third-order valence-corrected chi connectivity index (χ3v) is 5.79. The fourth-order valence-electron chi connectivity index (χ4n) is 4.01. The molecule has 1 atom stereocenters. The summed E-state index contributed by atoms with van der Waals surface area (Å²) in [6.07, 6.45) is -1.30. The molecule has 0 N–H and O–H groups in total. The maximum atomic E-state index is 13.4.